The van der Waals surface area contributed by atoms with Crippen molar-refractivity contribution in [3.05, 3.63) is 22.6 Å². The van der Waals surface area contributed by atoms with Gasteiger partial charge >= 0.3 is 0 Å². The highest BCUT2D eigenvalue weighted by atomic mass is 79.9. The molecule has 0 atom stereocenters. The van der Waals surface area contributed by atoms with Gasteiger partial charge in [-0.3, -0.25) is 4.79 Å². The average Bonchev–Trinajstić information content (AvgIpc) is 2.69. The smallest absolute Gasteiger partial charge is 0.271 e. The highest BCUT2D eigenvalue weighted by Gasteiger charge is 2.11. The molecular formula is C9H10BrN7O. The molecule has 0 aliphatic heterocycles. The van der Waals surface area contributed by atoms with Gasteiger partial charge in [-0.15, -0.1) is 15.3 Å². The van der Waals surface area contributed by atoms with Crippen LogP contribution in [0.5, 0.6) is 0 Å². The lowest BCUT2D eigenvalue weighted by Crippen LogP contribution is -2.24. The molecule has 8 nitrogen and oxygen atoms in total. The number of carbonyl (C=O) groups excluding carboxylic acids is 1. The van der Waals surface area contributed by atoms with Gasteiger partial charge in [0, 0.05) is 6.54 Å². The highest BCUT2D eigenvalue weighted by Crippen LogP contribution is 2.13. The van der Waals surface area contributed by atoms with Crippen molar-refractivity contribution in [1.82, 2.24) is 30.3 Å². The molecule has 0 saturated carbocycles. The summed E-state index contributed by atoms with van der Waals surface area (Å²) < 4.78 is 1.80. The lowest BCUT2D eigenvalue weighted by Gasteiger charge is -2.02. The van der Waals surface area contributed by atoms with E-state index >= 15 is 0 Å². The molecule has 0 bridgehead atoms. The van der Waals surface area contributed by atoms with Crippen LogP contribution in [0.2, 0.25) is 0 Å². The SMILES string of the molecule is CCNC(=O)c1ccc(-n2nc(N)nc2Br)nn1. The zero-order valence-corrected chi connectivity index (χ0v) is 11.0. The van der Waals surface area contributed by atoms with Crippen LogP contribution in [0.4, 0.5) is 5.95 Å². The summed E-state index contributed by atoms with van der Waals surface area (Å²) in [6.45, 7) is 2.36. The van der Waals surface area contributed by atoms with E-state index in [0.717, 1.165) is 0 Å². The van der Waals surface area contributed by atoms with Crippen LogP contribution in [0, 0.1) is 0 Å². The Morgan fingerprint density at radius 2 is 2.28 bits per heavy atom. The number of rotatable bonds is 3. The third-order valence-electron chi connectivity index (χ3n) is 2.02. The minimum absolute atomic E-state index is 0.122. The van der Waals surface area contributed by atoms with Crippen molar-refractivity contribution in [2.75, 3.05) is 12.3 Å². The largest absolute Gasteiger partial charge is 0.366 e. The van der Waals surface area contributed by atoms with Crippen molar-refractivity contribution < 1.29 is 4.79 Å². The summed E-state index contributed by atoms with van der Waals surface area (Å²) in [6, 6.07) is 3.16. The van der Waals surface area contributed by atoms with Crippen molar-refractivity contribution in [2.45, 2.75) is 6.92 Å². The van der Waals surface area contributed by atoms with Crippen LogP contribution in [-0.4, -0.2) is 37.4 Å². The first kappa shape index (κ1) is 12.4. The van der Waals surface area contributed by atoms with E-state index in [-0.39, 0.29) is 17.5 Å². The first-order chi connectivity index (χ1) is 8.61. The monoisotopic (exact) mass is 311 g/mol. The first-order valence-corrected chi connectivity index (χ1v) is 5.91. The minimum Gasteiger partial charge on any atom is -0.366 e. The number of hydrogen-bond acceptors (Lipinski definition) is 6. The van der Waals surface area contributed by atoms with Gasteiger partial charge in [0.1, 0.15) is 0 Å². The molecule has 1 amide bonds. The van der Waals surface area contributed by atoms with Gasteiger partial charge in [0.15, 0.2) is 11.5 Å². The zero-order chi connectivity index (χ0) is 13.1. The molecule has 0 spiro atoms. The summed E-state index contributed by atoms with van der Waals surface area (Å²) in [5.74, 6) is 0.268. The van der Waals surface area contributed by atoms with Gasteiger partial charge in [0.05, 0.1) is 0 Å². The number of carbonyl (C=O) groups is 1. The predicted octanol–water partition coefficient (Wildman–Crippen LogP) is 0.152. The van der Waals surface area contributed by atoms with Crippen molar-refractivity contribution in [2.24, 2.45) is 0 Å². The number of nitrogens with two attached hydrogens (primary N) is 1. The topological polar surface area (TPSA) is 112 Å². The van der Waals surface area contributed by atoms with Gasteiger partial charge in [-0.2, -0.15) is 9.67 Å². The number of nitrogens with zero attached hydrogens (tertiary/aromatic N) is 5. The van der Waals surface area contributed by atoms with E-state index in [2.05, 4.69) is 41.5 Å². The van der Waals surface area contributed by atoms with Gasteiger partial charge in [-0.1, -0.05) is 0 Å². The number of nitrogens with one attached hydrogen (secondary N) is 1. The summed E-state index contributed by atoms with van der Waals surface area (Å²) in [4.78, 5) is 15.4. The Kier molecular flexibility index (Phi) is 3.51. The van der Waals surface area contributed by atoms with Crippen LogP contribution >= 0.6 is 15.9 Å². The second-order valence-electron chi connectivity index (χ2n) is 3.29. The van der Waals surface area contributed by atoms with E-state index in [4.69, 9.17) is 5.73 Å². The van der Waals surface area contributed by atoms with E-state index in [1.54, 1.807) is 12.1 Å². The fourth-order valence-electron chi connectivity index (χ4n) is 1.26. The molecule has 0 aliphatic rings. The Bertz CT molecular complexity index is 565. The van der Waals surface area contributed by atoms with E-state index in [0.29, 0.717) is 17.1 Å². The van der Waals surface area contributed by atoms with E-state index in [1.165, 1.54) is 4.68 Å². The molecule has 0 radical (unpaired) electrons. The highest BCUT2D eigenvalue weighted by molar-refractivity contribution is 9.10. The number of anilines is 1. The Hall–Kier alpha value is -2.03. The second-order valence-corrected chi connectivity index (χ2v) is 4.00. The van der Waals surface area contributed by atoms with Crippen LogP contribution in [0.1, 0.15) is 17.4 Å². The molecule has 0 saturated heterocycles. The van der Waals surface area contributed by atoms with E-state index in [1.807, 2.05) is 6.92 Å². The van der Waals surface area contributed by atoms with Gasteiger partial charge in [-0.25, -0.2) is 0 Å². The van der Waals surface area contributed by atoms with Gasteiger partial charge in [-0.05, 0) is 35.0 Å². The maximum absolute atomic E-state index is 11.5. The normalized spacial score (nSPS) is 10.3. The number of nitrogen functional groups attached to an aromatic ring is 1. The van der Waals surface area contributed by atoms with Crippen LogP contribution in [0.25, 0.3) is 5.82 Å². The molecule has 0 aliphatic carbocycles. The van der Waals surface area contributed by atoms with Crippen LogP contribution < -0.4 is 11.1 Å². The van der Waals surface area contributed by atoms with Gasteiger partial charge < -0.3 is 11.1 Å². The Morgan fingerprint density at radius 3 is 2.78 bits per heavy atom. The first-order valence-electron chi connectivity index (χ1n) is 5.12. The number of hydrogen-bond donors (Lipinski definition) is 2. The molecule has 18 heavy (non-hydrogen) atoms. The molecule has 2 rings (SSSR count). The quantitative estimate of drug-likeness (QED) is 0.834. The van der Waals surface area contributed by atoms with Crippen LogP contribution in [-0.2, 0) is 0 Å². The third-order valence-corrected chi connectivity index (χ3v) is 2.53. The zero-order valence-electron chi connectivity index (χ0n) is 9.46. The Labute approximate surface area is 111 Å². The molecule has 3 N–H and O–H groups in total. The maximum Gasteiger partial charge on any atom is 0.271 e. The molecule has 2 heterocycles. The molecule has 0 fully saturated rings. The van der Waals surface area contributed by atoms with Crippen molar-refractivity contribution in [3.63, 3.8) is 0 Å². The van der Waals surface area contributed by atoms with Gasteiger partial charge in [0.25, 0.3) is 5.91 Å². The van der Waals surface area contributed by atoms with Crippen molar-refractivity contribution in [1.29, 1.82) is 0 Å². The fraction of sp³-hybridized carbons (Fsp3) is 0.222. The predicted molar refractivity (Wildman–Crippen MR) is 67.1 cm³/mol. The maximum atomic E-state index is 11.5. The van der Waals surface area contributed by atoms with E-state index in [9.17, 15) is 4.79 Å². The molecule has 2 aromatic rings. The second kappa shape index (κ2) is 5.08. The Balaban J connectivity index is 2.27. The summed E-state index contributed by atoms with van der Waals surface area (Å²) in [5.41, 5.74) is 5.69. The number of halogens is 1. The van der Waals surface area contributed by atoms with Gasteiger partial charge in [0.2, 0.25) is 10.7 Å². The summed E-state index contributed by atoms with van der Waals surface area (Å²) in [6.07, 6.45) is 0. The molecule has 9 heteroatoms. The third kappa shape index (κ3) is 2.45. The minimum atomic E-state index is -0.270. The average molecular weight is 312 g/mol. The molecular weight excluding hydrogens is 302 g/mol. The lowest BCUT2D eigenvalue weighted by atomic mass is 10.3. The van der Waals surface area contributed by atoms with Crippen molar-refractivity contribution >= 4 is 27.8 Å². The fourth-order valence-corrected chi connectivity index (χ4v) is 1.71. The van der Waals surface area contributed by atoms with Crippen molar-refractivity contribution in [3.8, 4) is 5.82 Å². The number of aromatic nitrogens is 5. The number of amides is 1. The molecule has 0 aromatic carbocycles. The standard InChI is InChI=1S/C9H10BrN7O/c1-2-12-7(18)5-3-4-6(15-14-5)17-8(10)13-9(11)16-17/h3-4H,2H2,1H3,(H2,11,16)(H,12,18). The Morgan fingerprint density at radius 1 is 1.50 bits per heavy atom. The molecule has 94 valence electrons. The summed E-state index contributed by atoms with van der Waals surface area (Å²) in [7, 11) is 0. The van der Waals surface area contributed by atoms with E-state index < -0.39 is 0 Å². The molecule has 0 unspecified atom stereocenters. The summed E-state index contributed by atoms with van der Waals surface area (Å²) >= 11 is 3.19. The molecule has 2 aromatic heterocycles. The van der Waals surface area contributed by atoms with Crippen LogP contribution in [0.3, 0.4) is 0 Å². The lowest BCUT2D eigenvalue weighted by molar-refractivity contribution is 0.0950. The van der Waals surface area contributed by atoms with Crippen LogP contribution in [0.15, 0.2) is 16.9 Å². The summed E-state index contributed by atoms with van der Waals surface area (Å²) in [5, 5.41) is 14.3.